The molecular weight excluding hydrogens is 334 g/mol. The number of anilines is 1. The fraction of sp³-hybridized carbons (Fsp3) is 0.133. The number of halogens is 1. The number of fused-ring (bicyclic) bond motifs is 1. The SMILES string of the molecule is COc1ccc(-n2c(N)nc3ccc(Br)cc32)cc1OC. The predicted molar refractivity (Wildman–Crippen MR) is 86.3 cm³/mol. The second kappa shape index (κ2) is 5.29. The summed E-state index contributed by atoms with van der Waals surface area (Å²) in [6.45, 7) is 0. The number of nitrogens with two attached hydrogens (primary N) is 1. The lowest BCUT2D eigenvalue weighted by molar-refractivity contribution is 0.355. The van der Waals surface area contributed by atoms with Gasteiger partial charge in [0.15, 0.2) is 11.5 Å². The molecule has 0 unspecified atom stereocenters. The van der Waals surface area contributed by atoms with Crippen LogP contribution in [0.1, 0.15) is 0 Å². The molecule has 0 amide bonds. The van der Waals surface area contributed by atoms with Crippen molar-refractivity contribution in [3.63, 3.8) is 0 Å². The van der Waals surface area contributed by atoms with E-state index >= 15 is 0 Å². The Hall–Kier alpha value is -2.21. The molecule has 0 radical (unpaired) electrons. The van der Waals surface area contributed by atoms with E-state index in [1.54, 1.807) is 14.2 Å². The molecule has 2 aromatic carbocycles. The molecule has 0 bridgehead atoms. The van der Waals surface area contributed by atoms with Crippen molar-refractivity contribution in [1.82, 2.24) is 9.55 Å². The second-order valence-corrected chi connectivity index (χ2v) is 5.39. The summed E-state index contributed by atoms with van der Waals surface area (Å²) in [5.74, 6) is 1.74. The van der Waals surface area contributed by atoms with Gasteiger partial charge in [0.05, 0.1) is 30.9 Å². The van der Waals surface area contributed by atoms with E-state index in [2.05, 4.69) is 20.9 Å². The van der Waals surface area contributed by atoms with E-state index in [0.717, 1.165) is 21.2 Å². The molecular formula is C15H14BrN3O2. The first-order valence-electron chi connectivity index (χ1n) is 6.30. The van der Waals surface area contributed by atoms with Crippen LogP contribution in [-0.2, 0) is 0 Å². The van der Waals surface area contributed by atoms with Gasteiger partial charge in [0.2, 0.25) is 5.95 Å². The number of rotatable bonds is 3. The van der Waals surface area contributed by atoms with Crippen molar-refractivity contribution in [3.8, 4) is 17.2 Å². The molecule has 0 spiro atoms. The normalized spacial score (nSPS) is 10.8. The molecule has 0 saturated carbocycles. The Labute approximate surface area is 130 Å². The zero-order chi connectivity index (χ0) is 15.0. The third-order valence-corrected chi connectivity index (χ3v) is 3.76. The Kier molecular flexibility index (Phi) is 3.47. The highest BCUT2D eigenvalue weighted by Gasteiger charge is 2.13. The van der Waals surface area contributed by atoms with Gasteiger partial charge in [-0.05, 0) is 30.3 Å². The lowest BCUT2D eigenvalue weighted by Crippen LogP contribution is -2.01. The number of benzene rings is 2. The molecule has 2 N–H and O–H groups in total. The third-order valence-electron chi connectivity index (χ3n) is 3.27. The maximum absolute atomic E-state index is 6.06. The fourth-order valence-electron chi connectivity index (χ4n) is 2.30. The van der Waals surface area contributed by atoms with Crippen molar-refractivity contribution in [2.75, 3.05) is 20.0 Å². The summed E-state index contributed by atoms with van der Waals surface area (Å²) in [7, 11) is 3.21. The van der Waals surface area contributed by atoms with Gasteiger partial charge in [0.25, 0.3) is 0 Å². The van der Waals surface area contributed by atoms with Crippen LogP contribution in [0.2, 0.25) is 0 Å². The fourth-order valence-corrected chi connectivity index (χ4v) is 2.65. The Morgan fingerprint density at radius 1 is 1.05 bits per heavy atom. The molecule has 0 aliphatic heterocycles. The largest absolute Gasteiger partial charge is 0.493 e. The van der Waals surface area contributed by atoms with Crippen LogP contribution in [0.25, 0.3) is 16.7 Å². The van der Waals surface area contributed by atoms with Crippen molar-refractivity contribution >= 4 is 32.9 Å². The molecule has 108 valence electrons. The standard InChI is InChI=1S/C15H14BrN3O2/c1-20-13-6-4-10(8-14(13)21-2)19-12-7-9(16)3-5-11(12)18-15(19)17/h3-8H,1-2H3,(H2,17,18). The van der Waals surface area contributed by atoms with Gasteiger partial charge in [-0.25, -0.2) is 4.98 Å². The Bertz CT molecular complexity index is 814. The van der Waals surface area contributed by atoms with Crippen molar-refractivity contribution < 1.29 is 9.47 Å². The van der Waals surface area contributed by atoms with Crippen molar-refractivity contribution in [1.29, 1.82) is 0 Å². The van der Waals surface area contributed by atoms with Crippen LogP contribution in [0.15, 0.2) is 40.9 Å². The van der Waals surface area contributed by atoms with Gasteiger partial charge in [-0.1, -0.05) is 15.9 Å². The van der Waals surface area contributed by atoms with E-state index in [4.69, 9.17) is 15.2 Å². The summed E-state index contributed by atoms with van der Waals surface area (Å²) in [6.07, 6.45) is 0. The highest BCUT2D eigenvalue weighted by molar-refractivity contribution is 9.10. The zero-order valence-electron chi connectivity index (χ0n) is 11.6. The molecule has 3 rings (SSSR count). The maximum Gasteiger partial charge on any atom is 0.205 e. The van der Waals surface area contributed by atoms with Crippen LogP contribution in [0, 0.1) is 0 Å². The number of ether oxygens (including phenoxy) is 2. The van der Waals surface area contributed by atoms with Gasteiger partial charge in [0, 0.05) is 10.5 Å². The molecule has 6 heteroatoms. The smallest absolute Gasteiger partial charge is 0.205 e. The van der Waals surface area contributed by atoms with Crippen molar-refractivity contribution in [2.45, 2.75) is 0 Å². The van der Waals surface area contributed by atoms with Gasteiger partial charge in [-0.15, -0.1) is 0 Å². The van der Waals surface area contributed by atoms with Gasteiger partial charge in [0.1, 0.15) is 0 Å². The minimum absolute atomic E-state index is 0.426. The first kappa shape index (κ1) is 13.8. The lowest BCUT2D eigenvalue weighted by atomic mass is 10.2. The van der Waals surface area contributed by atoms with Crippen LogP contribution in [0.5, 0.6) is 11.5 Å². The summed E-state index contributed by atoms with van der Waals surface area (Å²) in [5, 5.41) is 0. The van der Waals surface area contributed by atoms with E-state index in [0.29, 0.717) is 17.4 Å². The summed E-state index contributed by atoms with van der Waals surface area (Å²) < 4.78 is 13.4. The minimum Gasteiger partial charge on any atom is -0.493 e. The Morgan fingerprint density at radius 2 is 1.81 bits per heavy atom. The second-order valence-electron chi connectivity index (χ2n) is 4.48. The summed E-state index contributed by atoms with van der Waals surface area (Å²) in [4.78, 5) is 4.38. The average molecular weight is 348 g/mol. The highest BCUT2D eigenvalue weighted by atomic mass is 79.9. The molecule has 1 aromatic heterocycles. The van der Waals surface area contributed by atoms with Gasteiger partial charge >= 0.3 is 0 Å². The molecule has 3 aromatic rings. The quantitative estimate of drug-likeness (QED) is 0.788. The van der Waals surface area contributed by atoms with Crippen molar-refractivity contribution in [2.24, 2.45) is 0 Å². The number of methoxy groups -OCH3 is 2. The number of imidazole rings is 1. The Morgan fingerprint density at radius 3 is 2.52 bits per heavy atom. The van der Waals surface area contributed by atoms with Crippen LogP contribution >= 0.6 is 15.9 Å². The molecule has 0 aliphatic rings. The minimum atomic E-state index is 0.426. The zero-order valence-corrected chi connectivity index (χ0v) is 13.2. The lowest BCUT2D eigenvalue weighted by Gasteiger charge is -2.11. The molecule has 1 heterocycles. The van der Waals surface area contributed by atoms with E-state index in [9.17, 15) is 0 Å². The first-order valence-corrected chi connectivity index (χ1v) is 7.09. The van der Waals surface area contributed by atoms with Crippen LogP contribution in [-0.4, -0.2) is 23.8 Å². The summed E-state index contributed by atoms with van der Waals surface area (Å²) in [6, 6.07) is 11.5. The molecule has 21 heavy (non-hydrogen) atoms. The summed E-state index contributed by atoms with van der Waals surface area (Å²) in [5.41, 5.74) is 8.69. The van der Waals surface area contributed by atoms with Crippen LogP contribution < -0.4 is 15.2 Å². The van der Waals surface area contributed by atoms with Gasteiger partial charge in [-0.2, -0.15) is 0 Å². The van der Waals surface area contributed by atoms with E-state index in [1.165, 1.54) is 0 Å². The first-order chi connectivity index (χ1) is 10.1. The van der Waals surface area contributed by atoms with E-state index in [-0.39, 0.29) is 0 Å². The Balaban J connectivity index is 2.24. The average Bonchev–Trinajstić information content (AvgIpc) is 2.81. The number of nitrogen functional groups attached to an aromatic ring is 1. The van der Waals surface area contributed by atoms with Gasteiger partial charge < -0.3 is 15.2 Å². The number of nitrogens with zero attached hydrogens (tertiary/aromatic N) is 2. The number of hydrogen-bond acceptors (Lipinski definition) is 4. The molecule has 0 fully saturated rings. The highest BCUT2D eigenvalue weighted by Crippen LogP contribution is 2.32. The summed E-state index contributed by atoms with van der Waals surface area (Å²) >= 11 is 3.47. The topological polar surface area (TPSA) is 62.3 Å². The molecule has 0 aliphatic carbocycles. The molecule has 5 nitrogen and oxygen atoms in total. The predicted octanol–water partition coefficient (Wildman–Crippen LogP) is 3.39. The van der Waals surface area contributed by atoms with Crippen molar-refractivity contribution in [3.05, 3.63) is 40.9 Å². The molecule has 0 saturated heterocycles. The van der Waals surface area contributed by atoms with E-state index < -0.39 is 0 Å². The van der Waals surface area contributed by atoms with Gasteiger partial charge in [-0.3, -0.25) is 4.57 Å². The van der Waals surface area contributed by atoms with Crippen LogP contribution in [0.3, 0.4) is 0 Å². The molecule has 0 atom stereocenters. The maximum atomic E-state index is 6.06. The third kappa shape index (κ3) is 2.31. The number of aromatic nitrogens is 2. The van der Waals surface area contributed by atoms with Crippen LogP contribution in [0.4, 0.5) is 5.95 Å². The number of hydrogen-bond donors (Lipinski definition) is 1. The van der Waals surface area contributed by atoms with E-state index in [1.807, 2.05) is 41.0 Å². The monoisotopic (exact) mass is 347 g/mol.